The molecule has 0 aliphatic heterocycles. The van der Waals surface area contributed by atoms with Crippen LogP contribution in [0.1, 0.15) is 47.0 Å². The minimum absolute atomic E-state index is 0.467. The molecule has 0 aromatic heterocycles. The topological polar surface area (TPSA) is 35.5 Å². The quantitative estimate of drug-likeness (QED) is 0.652. The van der Waals surface area contributed by atoms with E-state index in [-0.39, 0.29) is 0 Å². The number of hydrogen-bond donors (Lipinski definition) is 2. The number of nitrogens with zero attached hydrogens (tertiary/aromatic N) is 1. The third-order valence-electron chi connectivity index (χ3n) is 3.38. The van der Waals surface area contributed by atoms with E-state index in [0.29, 0.717) is 18.5 Å². The van der Waals surface area contributed by atoms with Crippen LogP contribution in [0.25, 0.3) is 0 Å². The van der Waals surface area contributed by atoms with Crippen molar-refractivity contribution in [2.75, 3.05) is 27.2 Å². The van der Waals surface area contributed by atoms with E-state index in [9.17, 15) is 5.11 Å². The summed E-state index contributed by atoms with van der Waals surface area (Å²) in [4.78, 5) is 2.21. The molecule has 3 heteroatoms. The Hall–Kier alpha value is -0.120. The van der Waals surface area contributed by atoms with Crippen LogP contribution in [0.5, 0.6) is 0 Å². The highest BCUT2D eigenvalue weighted by atomic mass is 16.3. The summed E-state index contributed by atoms with van der Waals surface area (Å²) < 4.78 is 0. The molecule has 3 nitrogen and oxygen atoms in total. The number of aliphatic hydroxyl groups is 1. The van der Waals surface area contributed by atoms with Crippen molar-refractivity contribution in [2.45, 2.75) is 58.6 Å². The number of nitrogens with one attached hydrogen (secondary N) is 1. The van der Waals surface area contributed by atoms with Gasteiger partial charge in [0.1, 0.15) is 0 Å². The van der Waals surface area contributed by atoms with Gasteiger partial charge in [0.15, 0.2) is 0 Å². The van der Waals surface area contributed by atoms with Gasteiger partial charge in [-0.1, -0.05) is 27.7 Å². The minimum Gasteiger partial charge on any atom is -0.389 e. The van der Waals surface area contributed by atoms with E-state index in [1.54, 1.807) is 0 Å². The van der Waals surface area contributed by atoms with Gasteiger partial charge in [0.25, 0.3) is 0 Å². The molecule has 0 rings (SSSR count). The van der Waals surface area contributed by atoms with E-state index in [4.69, 9.17) is 0 Å². The highest BCUT2D eigenvalue weighted by Crippen LogP contribution is 2.14. The highest BCUT2D eigenvalue weighted by molar-refractivity contribution is 4.81. The van der Waals surface area contributed by atoms with Crippen LogP contribution in [-0.2, 0) is 0 Å². The predicted molar refractivity (Wildman–Crippen MR) is 75.3 cm³/mol. The smallest absolute Gasteiger partial charge is 0.0766 e. The molecule has 0 aliphatic carbocycles. The predicted octanol–water partition coefficient (Wildman–Crippen LogP) is 2.10. The standard InChI is InChI=1S/C14H32N2O/c1-7-14(17,8-2)11-15-13(9-12(3)4)10-16(5)6/h12-13,15,17H,7-11H2,1-6H3. The van der Waals surface area contributed by atoms with Crippen LogP contribution < -0.4 is 5.32 Å². The van der Waals surface area contributed by atoms with Crippen LogP contribution in [0.15, 0.2) is 0 Å². The van der Waals surface area contributed by atoms with Crippen LogP contribution in [0.3, 0.4) is 0 Å². The molecular weight excluding hydrogens is 212 g/mol. The van der Waals surface area contributed by atoms with Gasteiger partial charge < -0.3 is 15.3 Å². The van der Waals surface area contributed by atoms with Gasteiger partial charge in [-0.15, -0.1) is 0 Å². The van der Waals surface area contributed by atoms with Crippen molar-refractivity contribution < 1.29 is 5.11 Å². The van der Waals surface area contributed by atoms with Crippen molar-refractivity contribution >= 4 is 0 Å². The molecule has 0 aromatic carbocycles. The summed E-state index contributed by atoms with van der Waals surface area (Å²) in [6.45, 7) is 10.3. The fourth-order valence-corrected chi connectivity index (χ4v) is 2.07. The van der Waals surface area contributed by atoms with Gasteiger partial charge in [-0.2, -0.15) is 0 Å². The van der Waals surface area contributed by atoms with Gasteiger partial charge >= 0.3 is 0 Å². The zero-order valence-electron chi connectivity index (χ0n) is 12.6. The Morgan fingerprint density at radius 1 is 1.18 bits per heavy atom. The first-order valence-corrected chi connectivity index (χ1v) is 6.93. The summed E-state index contributed by atoms with van der Waals surface area (Å²) in [7, 11) is 4.20. The second kappa shape index (κ2) is 8.06. The summed E-state index contributed by atoms with van der Waals surface area (Å²) in [6, 6.07) is 0.467. The van der Waals surface area contributed by atoms with Gasteiger partial charge in [-0.25, -0.2) is 0 Å². The van der Waals surface area contributed by atoms with Crippen LogP contribution in [0.2, 0.25) is 0 Å². The summed E-state index contributed by atoms with van der Waals surface area (Å²) in [5.41, 5.74) is -0.540. The molecule has 0 saturated heterocycles. The van der Waals surface area contributed by atoms with Gasteiger partial charge in [0.2, 0.25) is 0 Å². The lowest BCUT2D eigenvalue weighted by Gasteiger charge is -2.30. The van der Waals surface area contributed by atoms with Gasteiger partial charge in [-0.05, 0) is 39.3 Å². The molecule has 0 bridgehead atoms. The Morgan fingerprint density at radius 3 is 2.06 bits per heavy atom. The summed E-state index contributed by atoms with van der Waals surface area (Å²) >= 11 is 0. The monoisotopic (exact) mass is 244 g/mol. The maximum atomic E-state index is 10.3. The molecule has 2 N–H and O–H groups in total. The van der Waals surface area contributed by atoms with Crippen molar-refractivity contribution in [3.05, 3.63) is 0 Å². The summed E-state index contributed by atoms with van der Waals surface area (Å²) in [6.07, 6.45) is 2.78. The first-order chi connectivity index (χ1) is 7.83. The van der Waals surface area contributed by atoms with E-state index < -0.39 is 5.60 Å². The Balaban J connectivity index is 4.23. The molecule has 0 fully saturated rings. The fourth-order valence-electron chi connectivity index (χ4n) is 2.07. The van der Waals surface area contributed by atoms with Crippen LogP contribution in [0, 0.1) is 5.92 Å². The van der Waals surface area contributed by atoms with Crippen molar-refractivity contribution in [1.29, 1.82) is 0 Å². The second-order valence-corrected chi connectivity index (χ2v) is 5.90. The largest absolute Gasteiger partial charge is 0.389 e. The van der Waals surface area contributed by atoms with E-state index in [2.05, 4.69) is 52.0 Å². The first-order valence-electron chi connectivity index (χ1n) is 6.93. The zero-order valence-corrected chi connectivity index (χ0v) is 12.6. The molecule has 104 valence electrons. The van der Waals surface area contributed by atoms with Crippen LogP contribution >= 0.6 is 0 Å². The molecule has 0 saturated carbocycles. The zero-order chi connectivity index (χ0) is 13.5. The Labute approximate surface area is 108 Å². The van der Waals surface area contributed by atoms with Gasteiger partial charge in [0.05, 0.1) is 5.60 Å². The Morgan fingerprint density at radius 2 is 1.71 bits per heavy atom. The molecule has 0 heterocycles. The third kappa shape index (κ3) is 7.74. The normalized spacial score (nSPS) is 14.6. The van der Waals surface area contributed by atoms with Crippen molar-refractivity contribution in [2.24, 2.45) is 5.92 Å². The van der Waals surface area contributed by atoms with Crippen molar-refractivity contribution in [3.63, 3.8) is 0 Å². The molecule has 0 amide bonds. The van der Waals surface area contributed by atoms with E-state index >= 15 is 0 Å². The lowest BCUT2D eigenvalue weighted by molar-refractivity contribution is 0.0283. The van der Waals surface area contributed by atoms with Crippen molar-refractivity contribution in [1.82, 2.24) is 10.2 Å². The average Bonchev–Trinajstić information content (AvgIpc) is 2.24. The number of hydrogen-bond acceptors (Lipinski definition) is 3. The maximum absolute atomic E-state index is 10.3. The minimum atomic E-state index is -0.540. The molecule has 0 aliphatic rings. The average molecular weight is 244 g/mol. The van der Waals surface area contributed by atoms with E-state index in [1.165, 1.54) is 0 Å². The number of rotatable bonds is 9. The Kier molecular flexibility index (Phi) is 8.01. The summed E-state index contributed by atoms with van der Waals surface area (Å²) in [5, 5.41) is 13.8. The number of likely N-dealkylation sites (N-methyl/N-ethyl adjacent to an activating group) is 1. The lowest BCUT2D eigenvalue weighted by atomic mass is 9.96. The molecule has 0 spiro atoms. The SMILES string of the molecule is CCC(O)(CC)CNC(CC(C)C)CN(C)C. The fraction of sp³-hybridized carbons (Fsp3) is 1.00. The van der Waals surface area contributed by atoms with Gasteiger partial charge in [0, 0.05) is 19.1 Å². The first kappa shape index (κ1) is 16.9. The molecule has 17 heavy (non-hydrogen) atoms. The molecule has 0 radical (unpaired) electrons. The van der Waals surface area contributed by atoms with E-state index in [1.807, 2.05) is 0 Å². The maximum Gasteiger partial charge on any atom is 0.0766 e. The second-order valence-electron chi connectivity index (χ2n) is 5.90. The van der Waals surface area contributed by atoms with Crippen LogP contribution in [-0.4, -0.2) is 48.8 Å². The van der Waals surface area contributed by atoms with Crippen molar-refractivity contribution in [3.8, 4) is 0 Å². The Bertz CT molecular complexity index is 179. The molecule has 0 aromatic rings. The highest BCUT2D eigenvalue weighted by Gasteiger charge is 2.23. The third-order valence-corrected chi connectivity index (χ3v) is 3.38. The molecule has 1 atom stereocenters. The lowest BCUT2D eigenvalue weighted by Crippen LogP contribution is -2.47. The van der Waals surface area contributed by atoms with Gasteiger partial charge in [-0.3, -0.25) is 0 Å². The summed E-state index contributed by atoms with van der Waals surface area (Å²) in [5.74, 6) is 0.684. The van der Waals surface area contributed by atoms with E-state index in [0.717, 1.165) is 25.8 Å². The van der Waals surface area contributed by atoms with Crippen LogP contribution in [0.4, 0.5) is 0 Å². The molecule has 1 unspecified atom stereocenters. The molecular formula is C14H32N2O.